The molecule has 2 rings (SSSR count). The maximum absolute atomic E-state index is 13.7. The molecule has 1 heterocycles. The minimum Gasteiger partial charge on any atom is -0.471 e. The van der Waals surface area contributed by atoms with Crippen LogP contribution in [0.2, 0.25) is 0 Å². The number of carbonyl (C=O) groups is 1. The SMILES string of the molecule is CCC(CC)c1ccc(Oc2ncc(C)cc2F)cc1.COC=O. The predicted molar refractivity (Wildman–Crippen MR) is 91.8 cm³/mol. The summed E-state index contributed by atoms with van der Waals surface area (Å²) in [6.45, 7) is 6.54. The number of hydrogen-bond donors (Lipinski definition) is 0. The Labute approximate surface area is 142 Å². The van der Waals surface area contributed by atoms with Crippen molar-refractivity contribution in [2.24, 2.45) is 0 Å². The average Bonchev–Trinajstić information content (AvgIpc) is 2.60. The van der Waals surface area contributed by atoms with Crippen LogP contribution in [-0.2, 0) is 9.53 Å². The highest BCUT2D eigenvalue weighted by Gasteiger charge is 2.09. The van der Waals surface area contributed by atoms with Crippen LogP contribution in [0.1, 0.15) is 43.7 Å². The van der Waals surface area contributed by atoms with E-state index in [-0.39, 0.29) is 5.88 Å². The van der Waals surface area contributed by atoms with Gasteiger partial charge < -0.3 is 9.47 Å². The molecule has 0 atom stereocenters. The van der Waals surface area contributed by atoms with Gasteiger partial charge in [-0.1, -0.05) is 26.0 Å². The molecule has 2 aromatic rings. The van der Waals surface area contributed by atoms with Gasteiger partial charge in [0.15, 0.2) is 5.82 Å². The van der Waals surface area contributed by atoms with Crippen LogP contribution in [0, 0.1) is 12.7 Å². The van der Waals surface area contributed by atoms with Gasteiger partial charge in [0.25, 0.3) is 12.4 Å². The minimum absolute atomic E-state index is 0.0193. The number of pyridine rings is 1. The van der Waals surface area contributed by atoms with Gasteiger partial charge in [0.05, 0.1) is 7.11 Å². The molecule has 130 valence electrons. The summed E-state index contributed by atoms with van der Waals surface area (Å²) in [6.07, 6.45) is 3.83. The number of rotatable bonds is 6. The van der Waals surface area contributed by atoms with Crippen molar-refractivity contribution in [3.63, 3.8) is 0 Å². The summed E-state index contributed by atoms with van der Waals surface area (Å²) in [5, 5.41) is 0. The number of halogens is 1. The second-order valence-corrected chi connectivity index (χ2v) is 5.32. The number of nitrogens with zero attached hydrogens (tertiary/aromatic N) is 1. The van der Waals surface area contributed by atoms with Crippen molar-refractivity contribution in [1.29, 1.82) is 0 Å². The number of carbonyl (C=O) groups excluding carboxylic acids is 1. The molecule has 0 aliphatic carbocycles. The maximum Gasteiger partial charge on any atom is 0.292 e. The van der Waals surface area contributed by atoms with E-state index < -0.39 is 5.82 Å². The van der Waals surface area contributed by atoms with Gasteiger partial charge in [-0.15, -0.1) is 0 Å². The van der Waals surface area contributed by atoms with E-state index in [0.29, 0.717) is 18.1 Å². The topological polar surface area (TPSA) is 48.4 Å². The Kier molecular flexibility index (Phi) is 8.47. The summed E-state index contributed by atoms with van der Waals surface area (Å²) >= 11 is 0. The maximum atomic E-state index is 13.7. The van der Waals surface area contributed by atoms with Gasteiger partial charge in [-0.25, -0.2) is 9.37 Å². The van der Waals surface area contributed by atoms with Crippen molar-refractivity contribution < 1.29 is 18.7 Å². The van der Waals surface area contributed by atoms with Gasteiger partial charge in [-0.3, -0.25) is 4.79 Å². The Balaban J connectivity index is 0.000000648. The number of methoxy groups -OCH3 is 1. The summed E-state index contributed by atoms with van der Waals surface area (Å²) in [7, 11) is 1.31. The number of aromatic nitrogens is 1. The van der Waals surface area contributed by atoms with E-state index in [1.54, 1.807) is 13.1 Å². The second kappa shape index (κ2) is 10.4. The lowest BCUT2D eigenvalue weighted by molar-refractivity contribution is -0.126. The van der Waals surface area contributed by atoms with E-state index in [1.807, 2.05) is 24.3 Å². The fourth-order valence-electron chi connectivity index (χ4n) is 2.28. The molecule has 24 heavy (non-hydrogen) atoms. The standard InChI is InChI=1S/C17H20FNO.C2H4O2/c1-4-13(5-2)14-6-8-15(9-7-14)20-17-16(18)10-12(3)11-19-17;1-4-2-3/h6-11,13H,4-5H2,1-3H3;2H,1H3. The monoisotopic (exact) mass is 333 g/mol. The lowest BCUT2D eigenvalue weighted by Crippen LogP contribution is -1.96. The molecule has 0 aliphatic rings. The van der Waals surface area contributed by atoms with Crippen molar-refractivity contribution >= 4 is 6.47 Å². The highest BCUT2D eigenvalue weighted by molar-refractivity contribution is 5.36. The van der Waals surface area contributed by atoms with Crippen LogP contribution < -0.4 is 4.74 Å². The normalized spacial score (nSPS) is 9.92. The fraction of sp³-hybridized carbons (Fsp3) is 0.368. The molecule has 0 unspecified atom stereocenters. The molecule has 0 N–H and O–H groups in total. The third-order valence-corrected chi connectivity index (χ3v) is 3.59. The molecule has 0 saturated heterocycles. The highest BCUT2D eigenvalue weighted by Crippen LogP contribution is 2.27. The summed E-state index contributed by atoms with van der Waals surface area (Å²) in [5.74, 6) is 0.758. The molecule has 0 radical (unpaired) electrons. The largest absolute Gasteiger partial charge is 0.471 e. The molecule has 4 nitrogen and oxygen atoms in total. The predicted octanol–water partition coefficient (Wildman–Crippen LogP) is 5.01. The lowest BCUT2D eigenvalue weighted by Gasteiger charge is -2.13. The van der Waals surface area contributed by atoms with E-state index in [2.05, 4.69) is 23.6 Å². The molecule has 0 amide bonds. The first-order valence-electron chi connectivity index (χ1n) is 7.92. The van der Waals surface area contributed by atoms with E-state index >= 15 is 0 Å². The quantitative estimate of drug-likeness (QED) is 0.697. The third-order valence-electron chi connectivity index (χ3n) is 3.59. The highest BCUT2D eigenvalue weighted by atomic mass is 19.1. The number of benzene rings is 1. The molecular formula is C19H24FNO3. The third kappa shape index (κ3) is 5.99. The van der Waals surface area contributed by atoms with Gasteiger partial charge in [-0.05, 0) is 55.0 Å². The first kappa shape index (κ1) is 19.6. The Morgan fingerprint density at radius 1 is 1.21 bits per heavy atom. The van der Waals surface area contributed by atoms with E-state index in [4.69, 9.17) is 9.53 Å². The first-order valence-corrected chi connectivity index (χ1v) is 7.92. The number of aryl methyl sites for hydroxylation is 1. The Bertz CT molecular complexity index is 625. The van der Waals surface area contributed by atoms with E-state index in [0.717, 1.165) is 18.4 Å². The van der Waals surface area contributed by atoms with Crippen molar-refractivity contribution in [1.82, 2.24) is 4.98 Å². The number of ether oxygens (including phenoxy) is 2. The fourth-order valence-corrected chi connectivity index (χ4v) is 2.28. The number of hydrogen-bond acceptors (Lipinski definition) is 4. The van der Waals surface area contributed by atoms with Crippen LogP contribution in [0.4, 0.5) is 4.39 Å². The molecule has 5 heteroatoms. The van der Waals surface area contributed by atoms with Gasteiger partial charge in [0.1, 0.15) is 5.75 Å². The van der Waals surface area contributed by atoms with Crippen LogP contribution in [0.3, 0.4) is 0 Å². The van der Waals surface area contributed by atoms with Crippen molar-refractivity contribution in [2.45, 2.75) is 39.5 Å². The van der Waals surface area contributed by atoms with Crippen molar-refractivity contribution in [2.75, 3.05) is 7.11 Å². The zero-order valence-corrected chi connectivity index (χ0v) is 14.6. The summed E-state index contributed by atoms with van der Waals surface area (Å²) in [6, 6.07) is 9.24. The van der Waals surface area contributed by atoms with Crippen molar-refractivity contribution in [3.05, 3.63) is 53.5 Å². The Morgan fingerprint density at radius 3 is 2.25 bits per heavy atom. The van der Waals surface area contributed by atoms with E-state index in [1.165, 1.54) is 18.7 Å². The summed E-state index contributed by atoms with van der Waals surface area (Å²) < 4.78 is 23.0. The van der Waals surface area contributed by atoms with Gasteiger partial charge >= 0.3 is 0 Å². The molecule has 0 spiro atoms. The van der Waals surface area contributed by atoms with Gasteiger partial charge in [0, 0.05) is 6.20 Å². The van der Waals surface area contributed by atoms with E-state index in [9.17, 15) is 4.39 Å². The summed E-state index contributed by atoms with van der Waals surface area (Å²) in [4.78, 5) is 12.9. The van der Waals surface area contributed by atoms with Crippen LogP contribution in [0.5, 0.6) is 11.6 Å². The second-order valence-electron chi connectivity index (χ2n) is 5.32. The van der Waals surface area contributed by atoms with Crippen LogP contribution in [0.15, 0.2) is 36.5 Å². The Morgan fingerprint density at radius 2 is 1.79 bits per heavy atom. The zero-order chi connectivity index (χ0) is 17.9. The summed E-state index contributed by atoms with van der Waals surface area (Å²) in [5.41, 5.74) is 2.07. The molecule has 0 aliphatic heterocycles. The van der Waals surface area contributed by atoms with Gasteiger partial charge in [-0.2, -0.15) is 0 Å². The van der Waals surface area contributed by atoms with Crippen LogP contribution >= 0.6 is 0 Å². The molecule has 1 aromatic heterocycles. The average molecular weight is 333 g/mol. The smallest absolute Gasteiger partial charge is 0.292 e. The molecule has 0 bridgehead atoms. The molecule has 0 saturated carbocycles. The molecule has 1 aromatic carbocycles. The first-order chi connectivity index (χ1) is 11.5. The molecule has 0 fully saturated rings. The Hall–Kier alpha value is -2.43. The lowest BCUT2D eigenvalue weighted by atomic mass is 9.94. The van der Waals surface area contributed by atoms with Crippen molar-refractivity contribution in [3.8, 4) is 11.6 Å². The molecular weight excluding hydrogens is 309 g/mol. The van der Waals surface area contributed by atoms with Crippen LogP contribution in [-0.4, -0.2) is 18.6 Å². The van der Waals surface area contributed by atoms with Gasteiger partial charge in [0.2, 0.25) is 0 Å². The zero-order valence-electron chi connectivity index (χ0n) is 14.6. The van der Waals surface area contributed by atoms with Crippen LogP contribution in [0.25, 0.3) is 0 Å². The minimum atomic E-state index is -0.436.